The molecule has 0 saturated carbocycles. The molecule has 0 saturated heterocycles. The van der Waals surface area contributed by atoms with Crippen LogP contribution in [0.5, 0.6) is 11.5 Å². The van der Waals surface area contributed by atoms with E-state index in [-0.39, 0.29) is 23.9 Å². The zero-order chi connectivity index (χ0) is 17.8. The molecule has 2 aromatic rings. The molecule has 1 amide bonds. The van der Waals surface area contributed by atoms with Crippen molar-refractivity contribution in [1.29, 1.82) is 0 Å². The molecular weight excluding hydrogens is 338 g/mol. The van der Waals surface area contributed by atoms with E-state index in [2.05, 4.69) is 5.32 Å². The maximum absolute atomic E-state index is 12.5. The molecule has 25 heavy (non-hydrogen) atoms. The van der Waals surface area contributed by atoms with Crippen molar-refractivity contribution in [2.75, 3.05) is 6.61 Å². The lowest BCUT2D eigenvalue weighted by atomic mass is 10.1. The minimum Gasteiger partial charge on any atom is -0.485 e. The number of carbonyl (C=O) groups is 1. The van der Waals surface area contributed by atoms with Gasteiger partial charge >= 0.3 is 0 Å². The fraction of sp³-hybridized carbons (Fsp3) is 0.350. The first-order chi connectivity index (χ1) is 12.0. The Morgan fingerprint density at radius 2 is 1.96 bits per heavy atom. The largest absolute Gasteiger partial charge is 0.485 e. The summed E-state index contributed by atoms with van der Waals surface area (Å²) in [5.41, 5.74) is 2.14. The zero-order valence-electron chi connectivity index (χ0n) is 14.4. The molecule has 3 atom stereocenters. The number of hydrogen-bond donors (Lipinski definition) is 1. The Bertz CT molecular complexity index is 733. The fourth-order valence-electron chi connectivity index (χ4n) is 2.83. The molecule has 0 fully saturated rings. The van der Waals surface area contributed by atoms with Gasteiger partial charge in [0.1, 0.15) is 6.61 Å². The van der Waals surface area contributed by atoms with Crippen molar-refractivity contribution in [2.45, 2.75) is 37.8 Å². The van der Waals surface area contributed by atoms with Crippen LogP contribution in [0, 0.1) is 0 Å². The first-order valence-corrected chi connectivity index (χ1v) is 8.88. The van der Waals surface area contributed by atoms with Gasteiger partial charge in [0.25, 0.3) is 5.91 Å². The first kappa shape index (κ1) is 17.6. The number of halogens is 1. The third kappa shape index (κ3) is 4.45. The molecule has 4 nitrogen and oxygen atoms in total. The second-order valence-corrected chi connectivity index (χ2v) is 7.07. The van der Waals surface area contributed by atoms with Gasteiger partial charge in [0, 0.05) is 5.38 Å². The molecule has 0 aromatic heterocycles. The molecule has 1 aliphatic rings. The summed E-state index contributed by atoms with van der Waals surface area (Å²) in [6.07, 6.45) is 0.105. The standard InChI is InChI=1S/C20H22ClNO3/c1-13(21)10-15-8-9-17-18(11-15)24-12-19(25-17)20(23)22-14(2)16-6-4-3-5-7-16/h3-9,11,13-14,19H,10,12H2,1-2H3,(H,22,23)/t13-,14-,19+/m0/s1. The van der Waals surface area contributed by atoms with Crippen LogP contribution in [0.25, 0.3) is 0 Å². The number of nitrogens with one attached hydrogen (secondary N) is 1. The van der Waals surface area contributed by atoms with Crippen molar-refractivity contribution < 1.29 is 14.3 Å². The van der Waals surface area contributed by atoms with E-state index in [1.807, 2.05) is 62.4 Å². The van der Waals surface area contributed by atoms with Gasteiger partial charge in [0.15, 0.2) is 11.5 Å². The number of carbonyl (C=O) groups excluding carboxylic acids is 1. The van der Waals surface area contributed by atoms with Gasteiger partial charge in [-0.2, -0.15) is 0 Å². The Morgan fingerprint density at radius 3 is 2.68 bits per heavy atom. The molecule has 1 N–H and O–H groups in total. The van der Waals surface area contributed by atoms with Crippen molar-refractivity contribution >= 4 is 17.5 Å². The summed E-state index contributed by atoms with van der Waals surface area (Å²) in [7, 11) is 0. The van der Waals surface area contributed by atoms with Crippen molar-refractivity contribution in [3.63, 3.8) is 0 Å². The van der Waals surface area contributed by atoms with Crippen LogP contribution in [0.3, 0.4) is 0 Å². The van der Waals surface area contributed by atoms with E-state index in [1.54, 1.807) is 0 Å². The number of fused-ring (bicyclic) bond motifs is 1. The number of hydrogen-bond acceptors (Lipinski definition) is 3. The van der Waals surface area contributed by atoms with Crippen LogP contribution in [-0.4, -0.2) is 24.0 Å². The van der Waals surface area contributed by atoms with Gasteiger partial charge in [-0.15, -0.1) is 11.6 Å². The highest BCUT2D eigenvalue weighted by molar-refractivity contribution is 6.20. The number of rotatable bonds is 5. The van der Waals surface area contributed by atoms with Crippen molar-refractivity contribution in [1.82, 2.24) is 5.32 Å². The predicted molar refractivity (Wildman–Crippen MR) is 98.4 cm³/mol. The Balaban J connectivity index is 1.63. The van der Waals surface area contributed by atoms with Gasteiger partial charge in [-0.1, -0.05) is 36.4 Å². The zero-order valence-corrected chi connectivity index (χ0v) is 15.1. The van der Waals surface area contributed by atoms with Crippen LogP contribution in [0.15, 0.2) is 48.5 Å². The topological polar surface area (TPSA) is 47.6 Å². The van der Waals surface area contributed by atoms with Crippen LogP contribution >= 0.6 is 11.6 Å². The molecule has 0 bridgehead atoms. The minimum absolute atomic E-state index is 0.0561. The Morgan fingerprint density at radius 1 is 1.20 bits per heavy atom. The summed E-state index contributed by atoms with van der Waals surface area (Å²) in [5, 5.41) is 3.03. The summed E-state index contributed by atoms with van der Waals surface area (Å²) in [5.74, 6) is 1.07. The first-order valence-electron chi connectivity index (χ1n) is 8.44. The Kier molecular flexibility index (Phi) is 5.49. The van der Waals surface area contributed by atoms with Crippen LogP contribution < -0.4 is 14.8 Å². The monoisotopic (exact) mass is 359 g/mol. The van der Waals surface area contributed by atoms with Crippen molar-refractivity contribution in [3.05, 3.63) is 59.7 Å². The summed E-state index contributed by atoms with van der Waals surface area (Å²) < 4.78 is 11.6. The van der Waals surface area contributed by atoms with E-state index in [1.165, 1.54) is 0 Å². The molecule has 1 heterocycles. The van der Waals surface area contributed by atoms with E-state index < -0.39 is 6.10 Å². The molecule has 0 unspecified atom stereocenters. The molecule has 132 valence electrons. The molecule has 3 rings (SSSR count). The van der Waals surface area contributed by atoms with Gasteiger partial charge in [-0.25, -0.2) is 0 Å². The SMILES string of the molecule is C[C@H](Cl)Cc1ccc2c(c1)OC[C@H](C(=O)N[C@@H](C)c1ccccc1)O2. The van der Waals surface area contributed by atoms with E-state index in [4.69, 9.17) is 21.1 Å². The van der Waals surface area contributed by atoms with Crippen molar-refractivity contribution in [3.8, 4) is 11.5 Å². The molecule has 2 aromatic carbocycles. The van der Waals surface area contributed by atoms with Gasteiger partial charge in [-0.3, -0.25) is 4.79 Å². The maximum atomic E-state index is 12.5. The van der Waals surface area contributed by atoms with Gasteiger partial charge in [0.2, 0.25) is 6.10 Å². The quantitative estimate of drug-likeness (QED) is 0.824. The molecule has 0 spiro atoms. The number of alkyl halides is 1. The van der Waals surface area contributed by atoms with E-state index >= 15 is 0 Å². The highest BCUT2D eigenvalue weighted by Gasteiger charge is 2.28. The van der Waals surface area contributed by atoms with Crippen LogP contribution in [0.1, 0.15) is 31.0 Å². The van der Waals surface area contributed by atoms with Gasteiger partial charge in [0.05, 0.1) is 6.04 Å². The lowest BCUT2D eigenvalue weighted by molar-refractivity contribution is -0.131. The minimum atomic E-state index is -0.656. The average molecular weight is 360 g/mol. The Labute approximate surface area is 153 Å². The average Bonchev–Trinajstić information content (AvgIpc) is 2.61. The summed E-state index contributed by atoms with van der Waals surface area (Å²) in [6, 6.07) is 15.4. The van der Waals surface area contributed by atoms with Crippen LogP contribution in [0.2, 0.25) is 0 Å². The maximum Gasteiger partial charge on any atom is 0.265 e. The second kappa shape index (κ2) is 7.79. The fourth-order valence-corrected chi connectivity index (χ4v) is 3.01. The Hall–Kier alpha value is -2.20. The molecule has 0 radical (unpaired) electrons. The van der Waals surface area contributed by atoms with E-state index in [0.717, 1.165) is 17.5 Å². The normalized spacial score (nSPS) is 18.3. The molecule has 5 heteroatoms. The number of benzene rings is 2. The van der Waals surface area contributed by atoms with E-state index in [0.29, 0.717) is 11.5 Å². The molecule has 1 aliphatic heterocycles. The van der Waals surface area contributed by atoms with Gasteiger partial charge < -0.3 is 14.8 Å². The summed E-state index contributed by atoms with van der Waals surface area (Å²) in [4.78, 5) is 12.5. The molecular formula is C20H22ClNO3. The van der Waals surface area contributed by atoms with Crippen molar-refractivity contribution in [2.24, 2.45) is 0 Å². The lowest BCUT2D eigenvalue weighted by Gasteiger charge is -2.27. The highest BCUT2D eigenvalue weighted by atomic mass is 35.5. The predicted octanol–water partition coefficient (Wildman–Crippen LogP) is 3.87. The number of ether oxygens (including phenoxy) is 2. The smallest absolute Gasteiger partial charge is 0.265 e. The van der Waals surface area contributed by atoms with Gasteiger partial charge in [-0.05, 0) is 43.5 Å². The summed E-state index contributed by atoms with van der Waals surface area (Å²) >= 11 is 6.03. The van der Waals surface area contributed by atoms with Crippen LogP contribution in [-0.2, 0) is 11.2 Å². The third-order valence-corrected chi connectivity index (χ3v) is 4.29. The summed E-state index contributed by atoms with van der Waals surface area (Å²) in [6.45, 7) is 4.09. The third-order valence-electron chi connectivity index (χ3n) is 4.14. The van der Waals surface area contributed by atoms with Crippen LogP contribution in [0.4, 0.5) is 0 Å². The number of amides is 1. The van der Waals surface area contributed by atoms with E-state index in [9.17, 15) is 4.79 Å². The molecule has 0 aliphatic carbocycles. The second-order valence-electron chi connectivity index (χ2n) is 6.32. The highest BCUT2D eigenvalue weighted by Crippen LogP contribution is 2.33. The lowest BCUT2D eigenvalue weighted by Crippen LogP contribution is -2.44.